The first-order chi connectivity index (χ1) is 9.65. The van der Waals surface area contributed by atoms with Gasteiger partial charge in [-0.15, -0.1) is 0 Å². The zero-order valence-electron chi connectivity index (χ0n) is 12.3. The predicted octanol–water partition coefficient (Wildman–Crippen LogP) is 3.83. The van der Waals surface area contributed by atoms with E-state index in [0.717, 1.165) is 6.42 Å². The van der Waals surface area contributed by atoms with Gasteiger partial charge in [-0.1, -0.05) is 29.9 Å². The average Bonchev–Trinajstić information content (AvgIpc) is 2.74. The van der Waals surface area contributed by atoms with Gasteiger partial charge in [0.25, 0.3) is 0 Å². The Morgan fingerprint density at radius 2 is 2.30 bits per heavy atom. The lowest BCUT2D eigenvalue weighted by Crippen LogP contribution is -2.44. The number of carbonyl (C=O) groups excluding carboxylic acids is 1. The fourth-order valence-corrected chi connectivity index (χ4v) is 3.54. The van der Waals surface area contributed by atoms with E-state index in [4.69, 9.17) is 4.74 Å². The number of hydrogen-bond donors (Lipinski definition) is 0. The molecule has 3 aliphatic rings. The lowest BCUT2D eigenvalue weighted by molar-refractivity contribution is 0.0691. The highest BCUT2D eigenvalue weighted by molar-refractivity contribution is 5.70. The summed E-state index contributed by atoms with van der Waals surface area (Å²) in [4.78, 5) is 14.2. The number of allylic oxidation sites excluding steroid dienone is 3. The van der Waals surface area contributed by atoms with Crippen molar-refractivity contribution in [1.82, 2.24) is 4.90 Å². The van der Waals surface area contributed by atoms with Gasteiger partial charge < -0.3 is 4.74 Å². The number of carbonyl (C=O) groups is 1. The number of amides is 1. The molecule has 0 saturated heterocycles. The Bertz CT molecular complexity index is 487. The van der Waals surface area contributed by atoms with Crippen LogP contribution in [0.25, 0.3) is 0 Å². The molecule has 1 saturated carbocycles. The summed E-state index contributed by atoms with van der Waals surface area (Å²) in [5, 5.41) is 0. The van der Waals surface area contributed by atoms with Crippen LogP contribution in [0, 0.1) is 5.92 Å². The molecular formula is C17H23NO2. The van der Waals surface area contributed by atoms with Gasteiger partial charge in [0.05, 0.1) is 12.1 Å². The maximum atomic E-state index is 12.3. The van der Waals surface area contributed by atoms with E-state index in [1.54, 1.807) is 5.57 Å². The van der Waals surface area contributed by atoms with Gasteiger partial charge in [0.15, 0.2) is 0 Å². The number of nitrogens with zero attached hydrogens (tertiary/aromatic N) is 1. The summed E-state index contributed by atoms with van der Waals surface area (Å²) in [5.74, 6) is 0.671. The van der Waals surface area contributed by atoms with Crippen molar-refractivity contribution in [2.24, 2.45) is 5.92 Å². The standard InChI is InChI=1S/C17H23NO2/c1-12(2)20-17(19)18-9-4-3-6-15-10-13-7-5-8-14(13)11-16(15)18/h3-4,6,10,12,14,16H,5,7-9,11H2,1-2H3. The fraction of sp³-hybridized carbons (Fsp3) is 0.588. The Balaban J connectivity index is 1.85. The molecule has 1 amide bonds. The number of hydrogen-bond acceptors (Lipinski definition) is 2. The number of fused-ring (bicyclic) bond motifs is 2. The van der Waals surface area contributed by atoms with Crippen LogP contribution in [0.3, 0.4) is 0 Å². The third-order valence-corrected chi connectivity index (χ3v) is 4.46. The van der Waals surface area contributed by atoms with Crippen LogP contribution in [0.15, 0.2) is 35.5 Å². The maximum Gasteiger partial charge on any atom is 0.410 e. The monoisotopic (exact) mass is 273 g/mol. The smallest absolute Gasteiger partial charge is 0.410 e. The molecule has 1 heterocycles. The van der Waals surface area contributed by atoms with Crippen molar-refractivity contribution in [3.8, 4) is 0 Å². The van der Waals surface area contributed by atoms with Crippen molar-refractivity contribution >= 4 is 6.09 Å². The predicted molar refractivity (Wildman–Crippen MR) is 79.4 cm³/mol. The topological polar surface area (TPSA) is 29.5 Å². The molecule has 0 bridgehead atoms. The van der Waals surface area contributed by atoms with E-state index in [9.17, 15) is 4.79 Å². The van der Waals surface area contributed by atoms with E-state index in [1.165, 1.54) is 24.8 Å². The van der Waals surface area contributed by atoms with Gasteiger partial charge in [-0.2, -0.15) is 0 Å². The van der Waals surface area contributed by atoms with E-state index in [1.807, 2.05) is 24.8 Å². The van der Waals surface area contributed by atoms with Gasteiger partial charge in [0.1, 0.15) is 0 Å². The van der Waals surface area contributed by atoms with Crippen molar-refractivity contribution in [2.75, 3.05) is 6.54 Å². The van der Waals surface area contributed by atoms with Crippen molar-refractivity contribution in [3.63, 3.8) is 0 Å². The minimum atomic E-state index is -0.183. The molecule has 0 aromatic rings. The summed E-state index contributed by atoms with van der Waals surface area (Å²) in [6, 6.07) is 0.183. The highest BCUT2D eigenvalue weighted by Gasteiger charge is 2.36. The minimum Gasteiger partial charge on any atom is -0.447 e. The van der Waals surface area contributed by atoms with E-state index < -0.39 is 0 Å². The normalized spacial score (nSPS) is 28.4. The summed E-state index contributed by atoms with van der Waals surface area (Å²) in [7, 11) is 0. The van der Waals surface area contributed by atoms with Gasteiger partial charge in [0, 0.05) is 6.54 Å². The van der Waals surface area contributed by atoms with Gasteiger partial charge >= 0.3 is 6.09 Å². The molecule has 108 valence electrons. The molecule has 20 heavy (non-hydrogen) atoms. The number of rotatable bonds is 1. The Morgan fingerprint density at radius 3 is 3.10 bits per heavy atom. The van der Waals surface area contributed by atoms with Gasteiger partial charge in [-0.3, -0.25) is 4.90 Å². The molecular weight excluding hydrogens is 250 g/mol. The SMILES string of the molecule is CC(C)OC(=O)N1CC=CC=C2C=C3CCCC3CC21. The lowest BCUT2D eigenvalue weighted by atomic mass is 9.83. The van der Waals surface area contributed by atoms with Crippen molar-refractivity contribution in [2.45, 2.75) is 51.7 Å². The van der Waals surface area contributed by atoms with E-state index in [2.05, 4.69) is 18.2 Å². The second kappa shape index (κ2) is 5.47. The van der Waals surface area contributed by atoms with Crippen LogP contribution in [0.4, 0.5) is 4.79 Å². The molecule has 0 N–H and O–H groups in total. The molecule has 0 spiro atoms. The quantitative estimate of drug-likeness (QED) is 0.726. The maximum absolute atomic E-state index is 12.3. The third kappa shape index (κ3) is 2.54. The summed E-state index contributed by atoms with van der Waals surface area (Å²) >= 11 is 0. The summed E-state index contributed by atoms with van der Waals surface area (Å²) in [6.45, 7) is 4.45. The van der Waals surface area contributed by atoms with Crippen LogP contribution in [0.1, 0.15) is 39.5 Å². The first-order valence-corrected chi connectivity index (χ1v) is 7.69. The Hall–Kier alpha value is -1.51. The molecule has 0 aromatic carbocycles. The molecule has 3 nitrogen and oxygen atoms in total. The summed E-state index contributed by atoms with van der Waals surface area (Å²) in [6.07, 6.45) is 13.2. The van der Waals surface area contributed by atoms with E-state index in [0.29, 0.717) is 12.5 Å². The van der Waals surface area contributed by atoms with Gasteiger partial charge in [-0.25, -0.2) is 4.79 Å². The first-order valence-electron chi connectivity index (χ1n) is 7.69. The molecule has 2 atom stereocenters. The highest BCUT2D eigenvalue weighted by atomic mass is 16.6. The Labute approximate surface area is 121 Å². The largest absolute Gasteiger partial charge is 0.447 e. The van der Waals surface area contributed by atoms with E-state index >= 15 is 0 Å². The molecule has 2 aliphatic carbocycles. The van der Waals surface area contributed by atoms with Crippen LogP contribution >= 0.6 is 0 Å². The second-order valence-corrected chi connectivity index (χ2v) is 6.24. The van der Waals surface area contributed by atoms with E-state index in [-0.39, 0.29) is 18.2 Å². The van der Waals surface area contributed by atoms with Crippen LogP contribution in [-0.2, 0) is 4.74 Å². The number of ether oxygens (including phenoxy) is 1. The Morgan fingerprint density at radius 1 is 1.45 bits per heavy atom. The molecule has 1 fully saturated rings. The molecule has 3 rings (SSSR count). The third-order valence-electron chi connectivity index (χ3n) is 4.46. The zero-order valence-corrected chi connectivity index (χ0v) is 12.3. The van der Waals surface area contributed by atoms with Gasteiger partial charge in [0.2, 0.25) is 0 Å². The molecule has 0 aromatic heterocycles. The van der Waals surface area contributed by atoms with Crippen LogP contribution in [0.2, 0.25) is 0 Å². The highest BCUT2D eigenvalue weighted by Crippen LogP contribution is 2.42. The average molecular weight is 273 g/mol. The van der Waals surface area contributed by atoms with Crippen molar-refractivity contribution in [3.05, 3.63) is 35.5 Å². The molecule has 1 aliphatic heterocycles. The van der Waals surface area contributed by atoms with Crippen molar-refractivity contribution in [1.29, 1.82) is 0 Å². The molecule has 2 unspecified atom stereocenters. The summed E-state index contributed by atoms with van der Waals surface area (Å²) in [5.41, 5.74) is 2.85. The van der Waals surface area contributed by atoms with Crippen molar-refractivity contribution < 1.29 is 9.53 Å². The van der Waals surface area contributed by atoms with Crippen LogP contribution in [0.5, 0.6) is 0 Å². The minimum absolute atomic E-state index is 0.0664. The lowest BCUT2D eigenvalue weighted by Gasteiger charge is -2.36. The van der Waals surface area contributed by atoms with Crippen LogP contribution < -0.4 is 0 Å². The fourth-order valence-electron chi connectivity index (χ4n) is 3.54. The van der Waals surface area contributed by atoms with Crippen LogP contribution in [-0.4, -0.2) is 29.7 Å². The first kappa shape index (κ1) is 13.5. The second-order valence-electron chi connectivity index (χ2n) is 6.24. The molecule has 0 radical (unpaired) electrons. The van der Waals surface area contributed by atoms with Gasteiger partial charge in [-0.05, 0) is 51.0 Å². The Kier molecular flexibility index (Phi) is 3.68. The zero-order chi connectivity index (χ0) is 14.1. The molecule has 3 heteroatoms. The summed E-state index contributed by atoms with van der Waals surface area (Å²) < 4.78 is 5.41.